The maximum atomic E-state index is 15.3. The number of morpholine rings is 1. The third kappa shape index (κ3) is 9.42. The number of rotatable bonds is 10. The molecule has 310 valence electrons. The van der Waals surface area contributed by atoms with Crippen LogP contribution in [-0.4, -0.2) is 98.0 Å². The molecule has 0 aromatic heterocycles. The van der Waals surface area contributed by atoms with E-state index < -0.39 is 18.2 Å². The molecule has 4 aliphatic heterocycles. The van der Waals surface area contributed by atoms with Crippen LogP contribution in [0.5, 0.6) is 0 Å². The zero-order valence-corrected chi connectivity index (χ0v) is 32.8. The van der Waals surface area contributed by atoms with Gasteiger partial charge >= 0.3 is 0 Å². The van der Waals surface area contributed by atoms with E-state index in [-0.39, 0.29) is 66.4 Å². The molecule has 2 aromatic carbocycles. The van der Waals surface area contributed by atoms with Crippen molar-refractivity contribution >= 4 is 46.9 Å². The molecule has 0 spiro atoms. The molecular formula is C43H54F2N8O5. The number of amides is 4. The van der Waals surface area contributed by atoms with Crippen LogP contribution in [0.1, 0.15) is 94.1 Å². The van der Waals surface area contributed by atoms with Crippen molar-refractivity contribution < 1.29 is 32.7 Å². The number of halogens is 2. The van der Waals surface area contributed by atoms with Crippen LogP contribution in [0.4, 0.5) is 20.2 Å². The molecule has 2 aliphatic carbocycles. The van der Waals surface area contributed by atoms with Gasteiger partial charge in [0, 0.05) is 53.9 Å². The minimum atomic E-state index is -0.547. The topological polar surface area (TPSA) is 156 Å². The Morgan fingerprint density at radius 2 is 1.64 bits per heavy atom. The lowest BCUT2D eigenvalue weighted by Gasteiger charge is -2.41. The van der Waals surface area contributed by atoms with E-state index >= 15 is 8.78 Å². The van der Waals surface area contributed by atoms with Crippen molar-refractivity contribution in [3.63, 3.8) is 0 Å². The number of hydrogen-bond donors (Lipinski definition) is 5. The van der Waals surface area contributed by atoms with Crippen molar-refractivity contribution in [2.75, 3.05) is 43.1 Å². The fourth-order valence-electron chi connectivity index (χ4n) is 9.58. The van der Waals surface area contributed by atoms with Gasteiger partial charge in [-0.05, 0) is 119 Å². The molecule has 2 atom stereocenters. The summed E-state index contributed by atoms with van der Waals surface area (Å²) in [5, 5.41) is 15.5. The summed E-state index contributed by atoms with van der Waals surface area (Å²) < 4.78 is 35.5. The van der Waals surface area contributed by atoms with Gasteiger partial charge in [-0.25, -0.2) is 8.78 Å². The Balaban J connectivity index is 0.736. The van der Waals surface area contributed by atoms with Gasteiger partial charge in [0.25, 0.3) is 5.91 Å². The predicted molar refractivity (Wildman–Crippen MR) is 216 cm³/mol. The lowest BCUT2D eigenvalue weighted by molar-refractivity contribution is -0.133. The maximum Gasteiger partial charge on any atom is 0.253 e. The van der Waals surface area contributed by atoms with E-state index in [4.69, 9.17) is 4.74 Å². The number of allylic oxidation sites excluding steroid dienone is 1. The Morgan fingerprint density at radius 1 is 0.862 bits per heavy atom. The number of piperidine rings is 2. The summed E-state index contributed by atoms with van der Waals surface area (Å²) in [6.45, 7) is 2.77. The quantitative estimate of drug-likeness (QED) is 0.219. The normalized spacial score (nSPS) is 28.9. The Morgan fingerprint density at radius 3 is 2.38 bits per heavy atom. The molecule has 4 amide bonds. The summed E-state index contributed by atoms with van der Waals surface area (Å²) in [5.41, 5.74) is 2.91. The van der Waals surface area contributed by atoms with E-state index in [1.165, 1.54) is 12.3 Å². The SMILES string of the molecule is O=C1CCC(Nc2ccc(C3CCN(C4CCC(NC(=O)C5CCC(NC6N=CC(F)=C(c7cccc(N8CCOCC8=O)c7)N6)CC5)CC4)CC3)c(F)c2)C(=O)N1. The Bertz CT molecular complexity index is 1920. The van der Waals surface area contributed by atoms with Crippen molar-refractivity contribution in [3.8, 4) is 0 Å². The van der Waals surface area contributed by atoms with Crippen molar-refractivity contribution in [1.29, 1.82) is 0 Å². The highest BCUT2D eigenvalue weighted by atomic mass is 19.1. The van der Waals surface area contributed by atoms with Gasteiger partial charge in [0.2, 0.25) is 17.7 Å². The highest BCUT2D eigenvalue weighted by Crippen LogP contribution is 2.35. The molecule has 4 heterocycles. The van der Waals surface area contributed by atoms with Crippen LogP contribution in [0.25, 0.3) is 5.70 Å². The molecule has 3 saturated heterocycles. The summed E-state index contributed by atoms with van der Waals surface area (Å²) in [5.74, 6) is -1.26. The van der Waals surface area contributed by atoms with Crippen molar-refractivity contribution in [2.24, 2.45) is 10.9 Å². The molecular weight excluding hydrogens is 747 g/mol. The number of carbonyl (C=O) groups is 4. The number of imide groups is 1. The van der Waals surface area contributed by atoms with Gasteiger partial charge in [0.1, 0.15) is 18.5 Å². The Labute approximate surface area is 337 Å². The summed E-state index contributed by atoms with van der Waals surface area (Å²) in [6.07, 6.45) is 10.3. The molecule has 2 unspecified atom stereocenters. The zero-order chi connectivity index (χ0) is 40.2. The molecule has 6 aliphatic rings. The van der Waals surface area contributed by atoms with Crippen LogP contribution in [-0.2, 0) is 23.9 Å². The number of ether oxygens (including phenoxy) is 1. The largest absolute Gasteiger partial charge is 0.374 e. The zero-order valence-electron chi connectivity index (χ0n) is 32.8. The van der Waals surface area contributed by atoms with Crippen LogP contribution < -0.4 is 31.5 Å². The maximum absolute atomic E-state index is 15.3. The standard InChI is InChI=1S/C43H54F2N8O5/c44-35-23-31(47-37-14-15-38(54)50-42(37)57)10-13-34(35)26-16-18-52(19-17-26)32-11-8-29(9-12-32)48-41(56)27-4-6-30(7-5-27)49-43-46-24-36(45)40(51-43)28-2-1-3-33(22-28)53-20-21-58-25-39(53)55/h1-3,10,13,22-24,26-27,29-30,32,37,43,47,49,51H,4-9,11-12,14-21,25H2,(H,48,56)(H,50,54,57). The second-order valence-corrected chi connectivity index (χ2v) is 16.6. The number of benzene rings is 2. The summed E-state index contributed by atoms with van der Waals surface area (Å²) in [6, 6.07) is 12.6. The second-order valence-electron chi connectivity index (χ2n) is 16.6. The lowest BCUT2D eigenvalue weighted by atomic mass is 9.83. The van der Waals surface area contributed by atoms with Gasteiger partial charge in [-0.1, -0.05) is 18.2 Å². The molecule has 0 radical (unpaired) electrons. The molecule has 2 saturated carbocycles. The van der Waals surface area contributed by atoms with Gasteiger partial charge < -0.3 is 30.5 Å². The summed E-state index contributed by atoms with van der Waals surface area (Å²) in [7, 11) is 0. The fourth-order valence-corrected chi connectivity index (χ4v) is 9.58. The lowest BCUT2D eigenvalue weighted by Crippen LogP contribution is -2.50. The average molecular weight is 801 g/mol. The number of aliphatic imine (C=N–C) groups is 1. The molecule has 0 bridgehead atoms. The number of carbonyl (C=O) groups excluding carboxylic acids is 4. The third-order valence-corrected chi connectivity index (χ3v) is 12.9. The minimum absolute atomic E-state index is 0.0289. The molecule has 15 heteroatoms. The van der Waals surface area contributed by atoms with E-state index in [0.717, 1.165) is 77.3 Å². The first-order valence-electron chi connectivity index (χ1n) is 21.0. The molecule has 5 fully saturated rings. The minimum Gasteiger partial charge on any atom is -0.374 e. The number of hydrogen-bond acceptors (Lipinski definition) is 10. The van der Waals surface area contributed by atoms with Crippen molar-refractivity contribution in [1.82, 2.24) is 26.2 Å². The third-order valence-electron chi connectivity index (χ3n) is 12.9. The smallest absolute Gasteiger partial charge is 0.253 e. The van der Waals surface area contributed by atoms with Crippen LogP contribution in [0.3, 0.4) is 0 Å². The van der Waals surface area contributed by atoms with Gasteiger partial charge in [-0.3, -0.25) is 34.8 Å². The molecule has 8 rings (SSSR count). The first-order valence-corrected chi connectivity index (χ1v) is 21.0. The number of likely N-dealkylation sites (tertiary alicyclic amines) is 1. The molecule has 5 N–H and O–H groups in total. The highest BCUT2D eigenvalue weighted by Gasteiger charge is 2.34. The van der Waals surface area contributed by atoms with Crippen molar-refractivity contribution in [3.05, 3.63) is 65.2 Å². The monoisotopic (exact) mass is 800 g/mol. The van der Waals surface area contributed by atoms with Crippen molar-refractivity contribution in [2.45, 2.75) is 113 Å². The van der Waals surface area contributed by atoms with E-state index in [0.29, 0.717) is 53.8 Å². The van der Waals surface area contributed by atoms with E-state index in [2.05, 4.69) is 36.5 Å². The molecule has 58 heavy (non-hydrogen) atoms. The average Bonchev–Trinajstić information content (AvgIpc) is 3.23. The van der Waals surface area contributed by atoms with Gasteiger partial charge in [0.05, 0.1) is 18.5 Å². The molecule has 2 aromatic rings. The van der Waals surface area contributed by atoms with E-state index in [1.807, 2.05) is 30.3 Å². The van der Waals surface area contributed by atoms with E-state index in [1.54, 1.807) is 11.0 Å². The van der Waals surface area contributed by atoms with E-state index in [9.17, 15) is 19.2 Å². The molecule has 13 nitrogen and oxygen atoms in total. The number of nitrogens with one attached hydrogen (secondary N) is 5. The van der Waals surface area contributed by atoms with Gasteiger partial charge in [-0.15, -0.1) is 0 Å². The Hall–Kier alpha value is -4.73. The summed E-state index contributed by atoms with van der Waals surface area (Å²) in [4.78, 5) is 57.8. The predicted octanol–water partition coefficient (Wildman–Crippen LogP) is 4.46. The fraction of sp³-hybridized carbons (Fsp3) is 0.558. The first kappa shape index (κ1) is 40.1. The first-order chi connectivity index (χ1) is 28.2. The Kier molecular flexibility index (Phi) is 12.5. The second kappa shape index (κ2) is 18.0. The van der Waals surface area contributed by atoms with Gasteiger partial charge in [-0.2, -0.15) is 0 Å². The van der Waals surface area contributed by atoms with Gasteiger partial charge in [0.15, 0.2) is 12.1 Å². The highest BCUT2D eigenvalue weighted by molar-refractivity contribution is 6.01. The van der Waals surface area contributed by atoms with Crippen LogP contribution in [0.2, 0.25) is 0 Å². The summed E-state index contributed by atoms with van der Waals surface area (Å²) >= 11 is 0. The van der Waals surface area contributed by atoms with Crippen LogP contribution in [0.15, 0.2) is 53.3 Å². The number of anilines is 2. The number of nitrogens with zero attached hydrogens (tertiary/aromatic N) is 3. The van der Waals surface area contributed by atoms with Crippen LogP contribution in [0, 0.1) is 11.7 Å². The van der Waals surface area contributed by atoms with Crippen LogP contribution >= 0.6 is 0 Å².